The van der Waals surface area contributed by atoms with Gasteiger partial charge >= 0.3 is 0 Å². The average molecular weight is 284 g/mol. The first-order chi connectivity index (χ1) is 10.0. The van der Waals surface area contributed by atoms with Crippen LogP contribution in [0.15, 0.2) is 18.5 Å². The second kappa shape index (κ2) is 4.31. The minimum atomic E-state index is -0.0938. The Kier molecular flexibility index (Phi) is 2.63. The van der Waals surface area contributed by atoms with Crippen LogP contribution in [0.4, 0.5) is 5.82 Å². The summed E-state index contributed by atoms with van der Waals surface area (Å²) in [6.07, 6.45) is 6.57. The number of aromatic amines is 1. The Hall–Kier alpha value is -1.88. The molecular weight excluding hydrogens is 264 g/mol. The van der Waals surface area contributed by atoms with Crippen molar-refractivity contribution in [2.24, 2.45) is 5.41 Å². The molecule has 1 aliphatic carbocycles. The van der Waals surface area contributed by atoms with E-state index in [-0.39, 0.29) is 5.91 Å². The standard InChI is InChI=1S/C16H20N4O/c1-10(21)19-15-3-14-13(7-18-15)12(6-17-14)11-4-16(5-11)8-20(2)9-16/h3,6-7,11,17H,4-5,8-9H2,1-2H3,(H,18,19,21). The summed E-state index contributed by atoms with van der Waals surface area (Å²) in [5.41, 5.74) is 3.02. The van der Waals surface area contributed by atoms with Crippen LogP contribution in [0, 0.1) is 5.41 Å². The number of amides is 1. The Bertz CT molecular complexity index is 706. The van der Waals surface area contributed by atoms with Crippen LogP contribution < -0.4 is 5.32 Å². The van der Waals surface area contributed by atoms with Gasteiger partial charge in [-0.2, -0.15) is 0 Å². The molecule has 5 heteroatoms. The quantitative estimate of drug-likeness (QED) is 0.889. The van der Waals surface area contributed by atoms with E-state index in [4.69, 9.17) is 0 Å². The highest BCUT2D eigenvalue weighted by Gasteiger charge is 2.51. The lowest BCUT2D eigenvalue weighted by Gasteiger charge is -2.58. The second-order valence-electron chi connectivity index (χ2n) is 6.82. The maximum atomic E-state index is 11.1. The molecule has 4 rings (SSSR count). The molecule has 2 fully saturated rings. The second-order valence-corrected chi connectivity index (χ2v) is 6.82. The maximum absolute atomic E-state index is 11.1. The first kappa shape index (κ1) is 12.8. The van der Waals surface area contributed by atoms with Crippen LogP contribution in [-0.2, 0) is 4.79 Å². The van der Waals surface area contributed by atoms with Gasteiger partial charge in [-0.1, -0.05) is 0 Å². The van der Waals surface area contributed by atoms with Gasteiger partial charge < -0.3 is 15.2 Å². The smallest absolute Gasteiger partial charge is 0.222 e. The Morgan fingerprint density at radius 3 is 2.90 bits per heavy atom. The lowest BCUT2D eigenvalue weighted by molar-refractivity contribution is -0.114. The molecular formula is C16H20N4O. The molecule has 0 atom stereocenters. The normalized spacial score (nSPS) is 21.2. The highest BCUT2D eigenvalue weighted by Crippen LogP contribution is 2.56. The number of rotatable bonds is 2. The van der Waals surface area contributed by atoms with Crippen LogP contribution in [0.1, 0.15) is 31.2 Å². The van der Waals surface area contributed by atoms with Crippen LogP contribution in [0.5, 0.6) is 0 Å². The maximum Gasteiger partial charge on any atom is 0.222 e. The molecule has 2 aromatic heterocycles. The Morgan fingerprint density at radius 1 is 1.48 bits per heavy atom. The van der Waals surface area contributed by atoms with Crippen molar-refractivity contribution in [2.45, 2.75) is 25.7 Å². The first-order valence-corrected chi connectivity index (χ1v) is 7.48. The van der Waals surface area contributed by atoms with Gasteiger partial charge in [-0.25, -0.2) is 4.98 Å². The number of carbonyl (C=O) groups excluding carboxylic acids is 1. The van der Waals surface area contributed by atoms with Gasteiger partial charge in [-0.15, -0.1) is 0 Å². The number of aromatic nitrogens is 2. The number of carbonyl (C=O) groups is 1. The number of hydrogen-bond acceptors (Lipinski definition) is 3. The van der Waals surface area contributed by atoms with Crippen molar-refractivity contribution in [3.05, 3.63) is 24.0 Å². The number of nitrogens with one attached hydrogen (secondary N) is 2. The first-order valence-electron chi connectivity index (χ1n) is 7.48. The molecule has 1 spiro atoms. The third kappa shape index (κ3) is 2.03. The third-order valence-electron chi connectivity index (χ3n) is 4.91. The molecule has 0 aromatic carbocycles. The van der Waals surface area contributed by atoms with Gasteiger partial charge in [-0.05, 0) is 36.8 Å². The van der Waals surface area contributed by atoms with Crippen molar-refractivity contribution in [3.8, 4) is 0 Å². The number of anilines is 1. The number of pyridine rings is 1. The summed E-state index contributed by atoms with van der Waals surface area (Å²) in [4.78, 5) is 21.2. The molecule has 1 saturated heterocycles. The van der Waals surface area contributed by atoms with E-state index in [0.717, 1.165) is 5.52 Å². The van der Waals surface area contributed by atoms with E-state index in [1.54, 1.807) is 0 Å². The predicted octanol–water partition coefficient (Wildman–Crippen LogP) is 2.33. The molecule has 0 radical (unpaired) electrons. The minimum absolute atomic E-state index is 0.0938. The zero-order chi connectivity index (χ0) is 14.6. The van der Waals surface area contributed by atoms with Crippen molar-refractivity contribution < 1.29 is 4.79 Å². The zero-order valence-corrected chi connectivity index (χ0v) is 12.4. The van der Waals surface area contributed by atoms with E-state index in [1.165, 1.54) is 43.8 Å². The Balaban J connectivity index is 1.56. The minimum Gasteiger partial charge on any atom is -0.361 e. The van der Waals surface area contributed by atoms with Crippen LogP contribution in [0.3, 0.4) is 0 Å². The molecule has 110 valence electrons. The molecule has 2 N–H and O–H groups in total. The number of fused-ring (bicyclic) bond motifs is 1. The zero-order valence-electron chi connectivity index (χ0n) is 12.4. The van der Waals surface area contributed by atoms with Gasteiger partial charge in [0, 0.05) is 43.9 Å². The largest absolute Gasteiger partial charge is 0.361 e. The molecule has 1 aliphatic heterocycles. The Morgan fingerprint density at radius 2 is 2.24 bits per heavy atom. The number of likely N-dealkylation sites (tertiary alicyclic amines) is 1. The summed E-state index contributed by atoms with van der Waals surface area (Å²) in [6.45, 7) is 3.99. The monoisotopic (exact) mass is 284 g/mol. The molecule has 2 aromatic rings. The number of hydrogen-bond donors (Lipinski definition) is 2. The summed E-state index contributed by atoms with van der Waals surface area (Å²) in [5.74, 6) is 1.17. The molecule has 0 unspecified atom stereocenters. The van der Waals surface area contributed by atoms with Crippen LogP contribution >= 0.6 is 0 Å². The molecule has 0 bridgehead atoms. The van der Waals surface area contributed by atoms with Crippen LogP contribution in [0.2, 0.25) is 0 Å². The highest BCUT2D eigenvalue weighted by atomic mass is 16.1. The number of nitrogens with zero attached hydrogens (tertiary/aromatic N) is 2. The fourth-order valence-corrected chi connectivity index (χ4v) is 4.19. The van der Waals surface area contributed by atoms with Gasteiger partial charge in [0.25, 0.3) is 0 Å². The molecule has 2 aliphatic rings. The molecule has 1 saturated carbocycles. The summed E-state index contributed by atoms with van der Waals surface area (Å²) in [5, 5.41) is 3.92. The van der Waals surface area contributed by atoms with Crippen molar-refractivity contribution in [1.29, 1.82) is 0 Å². The SMILES string of the molecule is CC(=O)Nc1cc2[nH]cc(C3CC4(C3)CN(C)C4)c2cn1. The lowest BCUT2D eigenvalue weighted by Crippen LogP contribution is -2.59. The fraction of sp³-hybridized carbons (Fsp3) is 0.500. The van der Waals surface area contributed by atoms with E-state index in [2.05, 4.69) is 33.4 Å². The van der Waals surface area contributed by atoms with Crippen molar-refractivity contribution in [3.63, 3.8) is 0 Å². The van der Waals surface area contributed by atoms with Crippen LogP contribution in [0.25, 0.3) is 10.9 Å². The van der Waals surface area contributed by atoms with Gasteiger partial charge in [0.1, 0.15) is 5.82 Å². The van der Waals surface area contributed by atoms with Gasteiger partial charge in [0.2, 0.25) is 5.91 Å². The molecule has 3 heterocycles. The van der Waals surface area contributed by atoms with Gasteiger partial charge in [0.05, 0.1) is 5.52 Å². The number of H-pyrrole nitrogens is 1. The topological polar surface area (TPSA) is 61.0 Å². The highest BCUT2D eigenvalue weighted by molar-refractivity contribution is 5.91. The molecule has 1 amide bonds. The van der Waals surface area contributed by atoms with Crippen molar-refractivity contribution in [1.82, 2.24) is 14.9 Å². The average Bonchev–Trinajstić information content (AvgIpc) is 2.74. The van der Waals surface area contributed by atoms with Crippen molar-refractivity contribution in [2.75, 3.05) is 25.5 Å². The van der Waals surface area contributed by atoms with Crippen LogP contribution in [-0.4, -0.2) is 40.9 Å². The van der Waals surface area contributed by atoms with E-state index in [9.17, 15) is 4.79 Å². The Labute approximate surface area is 123 Å². The van der Waals surface area contributed by atoms with Gasteiger partial charge in [0.15, 0.2) is 0 Å². The van der Waals surface area contributed by atoms with E-state index < -0.39 is 0 Å². The third-order valence-corrected chi connectivity index (χ3v) is 4.91. The predicted molar refractivity (Wildman–Crippen MR) is 82.3 cm³/mol. The lowest BCUT2D eigenvalue weighted by atomic mass is 9.56. The summed E-state index contributed by atoms with van der Waals surface area (Å²) >= 11 is 0. The summed E-state index contributed by atoms with van der Waals surface area (Å²) < 4.78 is 0. The van der Waals surface area contributed by atoms with E-state index in [1.807, 2.05) is 12.3 Å². The fourth-order valence-electron chi connectivity index (χ4n) is 4.19. The molecule has 5 nitrogen and oxygen atoms in total. The summed E-state index contributed by atoms with van der Waals surface area (Å²) in [6, 6.07) is 1.91. The van der Waals surface area contributed by atoms with E-state index >= 15 is 0 Å². The van der Waals surface area contributed by atoms with Crippen molar-refractivity contribution >= 4 is 22.6 Å². The summed E-state index contributed by atoms with van der Waals surface area (Å²) in [7, 11) is 2.19. The molecule has 21 heavy (non-hydrogen) atoms. The van der Waals surface area contributed by atoms with E-state index in [0.29, 0.717) is 17.2 Å². The van der Waals surface area contributed by atoms with Gasteiger partial charge in [-0.3, -0.25) is 4.79 Å².